The van der Waals surface area contributed by atoms with Gasteiger partial charge in [-0.1, -0.05) is 17.8 Å². The number of H-pyrrole nitrogens is 1. The van der Waals surface area contributed by atoms with E-state index < -0.39 is 17.4 Å². The SMILES string of the molecule is CCOCCSc1nc(NC(C)=O)c(NC(=O)c2cccs2)c(=O)[nH]1. The van der Waals surface area contributed by atoms with Gasteiger partial charge in [0, 0.05) is 19.3 Å². The number of hydrogen-bond donors (Lipinski definition) is 3. The highest BCUT2D eigenvalue weighted by Crippen LogP contribution is 2.20. The zero-order chi connectivity index (χ0) is 18.2. The Morgan fingerprint density at radius 2 is 2.20 bits per heavy atom. The maximum Gasteiger partial charge on any atom is 0.277 e. The zero-order valence-electron chi connectivity index (χ0n) is 13.8. The van der Waals surface area contributed by atoms with Crippen LogP contribution in [0.4, 0.5) is 11.5 Å². The van der Waals surface area contributed by atoms with Crippen molar-refractivity contribution in [2.45, 2.75) is 19.0 Å². The quantitative estimate of drug-likeness (QED) is 0.366. The lowest BCUT2D eigenvalue weighted by atomic mass is 10.4. The first-order valence-corrected chi connectivity index (χ1v) is 9.35. The Morgan fingerprint density at radius 1 is 1.40 bits per heavy atom. The van der Waals surface area contributed by atoms with Crippen LogP contribution in [-0.4, -0.2) is 40.7 Å². The van der Waals surface area contributed by atoms with Crippen molar-refractivity contribution in [2.75, 3.05) is 29.6 Å². The molecule has 10 heteroatoms. The van der Waals surface area contributed by atoms with Gasteiger partial charge in [-0.2, -0.15) is 0 Å². The lowest BCUT2D eigenvalue weighted by Crippen LogP contribution is -2.24. The number of aromatic nitrogens is 2. The highest BCUT2D eigenvalue weighted by molar-refractivity contribution is 7.99. The number of anilines is 2. The van der Waals surface area contributed by atoms with Gasteiger partial charge in [0.15, 0.2) is 16.7 Å². The van der Waals surface area contributed by atoms with Gasteiger partial charge in [0.2, 0.25) is 5.91 Å². The van der Waals surface area contributed by atoms with E-state index in [1.54, 1.807) is 17.5 Å². The Kier molecular flexibility index (Phi) is 7.16. The molecule has 0 fully saturated rings. The fourth-order valence-corrected chi connectivity index (χ4v) is 3.15. The minimum Gasteiger partial charge on any atom is -0.381 e. The molecule has 25 heavy (non-hydrogen) atoms. The molecule has 0 saturated carbocycles. The van der Waals surface area contributed by atoms with Gasteiger partial charge in [0.25, 0.3) is 11.5 Å². The summed E-state index contributed by atoms with van der Waals surface area (Å²) in [6.45, 7) is 4.31. The van der Waals surface area contributed by atoms with Crippen molar-refractivity contribution in [2.24, 2.45) is 0 Å². The monoisotopic (exact) mass is 382 g/mol. The van der Waals surface area contributed by atoms with Crippen LogP contribution < -0.4 is 16.2 Å². The Morgan fingerprint density at radius 3 is 2.84 bits per heavy atom. The van der Waals surface area contributed by atoms with Crippen molar-refractivity contribution in [3.63, 3.8) is 0 Å². The van der Waals surface area contributed by atoms with E-state index in [0.717, 1.165) is 0 Å². The average Bonchev–Trinajstić information content (AvgIpc) is 3.09. The Labute approximate surface area is 152 Å². The number of hydrogen-bond acceptors (Lipinski definition) is 7. The maximum absolute atomic E-state index is 12.3. The largest absolute Gasteiger partial charge is 0.381 e. The molecule has 2 heterocycles. The van der Waals surface area contributed by atoms with E-state index >= 15 is 0 Å². The lowest BCUT2D eigenvalue weighted by molar-refractivity contribution is -0.114. The number of rotatable bonds is 8. The zero-order valence-corrected chi connectivity index (χ0v) is 15.4. The first-order chi connectivity index (χ1) is 12.0. The molecule has 134 valence electrons. The third-order valence-corrected chi connectivity index (χ3v) is 4.55. The Bertz CT molecular complexity index is 789. The van der Waals surface area contributed by atoms with Crippen LogP contribution in [-0.2, 0) is 9.53 Å². The number of amides is 2. The van der Waals surface area contributed by atoms with Crippen LogP contribution in [0.25, 0.3) is 0 Å². The molecule has 0 spiro atoms. The molecule has 0 saturated heterocycles. The molecule has 0 unspecified atom stereocenters. The highest BCUT2D eigenvalue weighted by atomic mass is 32.2. The van der Waals surface area contributed by atoms with Gasteiger partial charge in [-0.15, -0.1) is 11.3 Å². The minimum absolute atomic E-state index is 0.0140. The van der Waals surface area contributed by atoms with Crippen molar-refractivity contribution in [3.8, 4) is 0 Å². The normalized spacial score (nSPS) is 10.5. The lowest BCUT2D eigenvalue weighted by Gasteiger charge is -2.11. The second-order valence-corrected chi connectivity index (χ2v) is 6.78. The maximum atomic E-state index is 12.3. The van der Waals surface area contributed by atoms with Crippen LogP contribution in [0.2, 0.25) is 0 Å². The molecule has 8 nitrogen and oxygen atoms in total. The molecule has 2 rings (SSSR count). The third kappa shape index (κ3) is 5.69. The first-order valence-electron chi connectivity index (χ1n) is 7.48. The molecular weight excluding hydrogens is 364 g/mol. The summed E-state index contributed by atoms with van der Waals surface area (Å²) in [6, 6.07) is 3.37. The van der Waals surface area contributed by atoms with Crippen LogP contribution in [0.5, 0.6) is 0 Å². The molecule has 0 atom stereocenters. The van der Waals surface area contributed by atoms with E-state index in [4.69, 9.17) is 4.74 Å². The number of ether oxygens (including phenoxy) is 1. The summed E-state index contributed by atoms with van der Waals surface area (Å²) >= 11 is 2.53. The predicted molar refractivity (Wildman–Crippen MR) is 98.7 cm³/mol. The summed E-state index contributed by atoms with van der Waals surface area (Å²) in [7, 11) is 0. The summed E-state index contributed by atoms with van der Waals surface area (Å²) in [5.74, 6) is -0.224. The number of carbonyl (C=O) groups is 2. The Balaban J connectivity index is 2.23. The molecule has 0 aliphatic rings. The van der Waals surface area contributed by atoms with Crippen molar-refractivity contribution in [1.82, 2.24) is 9.97 Å². The second kappa shape index (κ2) is 9.35. The number of carbonyl (C=O) groups excluding carboxylic acids is 2. The molecule has 2 aromatic rings. The van der Waals surface area contributed by atoms with Crippen LogP contribution in [0, 0.1) is 0 Å². The molecule has 2 aromatic heterocycles. The molecular formula is C15H18N4O4S2. The molecule has 0 aliphatic carbocycles. The van der Waals surface area contributed by atoms with Crippen molar-refractivity contribution in [1.29, 1.82) is 0 Å². The summed E-state index contributed by atoms with van der Waals surface area (Å²) < 4.78 is 5.23. The van der Waals surface area contributed by atoms with Crippen molar-refractivity contribution in [3.05, 3.63) is 32.7 Å². The number of aromatic amines is 1. The smallest absolute Gasteiger partial charge is 0.277 e. The first kappa shape index (κ1) is 19.2. The number of thiophene rings is 1. The number of nitrogens with one attached hydrogen (secondary N) is 3. The van der Waals surface area contributed by atoms with Crippen LogP contribution >= 0.6 is 23.1 Å². The fourth-order valence-electron chi connectivity index (χ4n) is 1.82. The summed E-state index contributed by atoms with van der Waals surface area (Å²) in [5, 5.41) is 7.08. The minimum atomic E-state index is -0.539. The summed E-state index contributed by atoms with van der Waals surface area (Å²) in [4.78, 5) is 43.2. The van der Waals surface area contributed by atoms with E-state index in [0.29, 0.717) is 29.0 Å². The number of nitrogens with zero attached hydrogens (tertiary/aromatic N) is 1. The van der Waals surface area contributed by atoms with Gasteiger partial charge in [-0.25, -0.2) is 4.98 Å². The molecule has 0 aromatic carbocycles. The molecule has 0 radical (unpaired) electrons. The molecule has 3 N–H and O–H groups in total. The van der Waals surface area contributed by atoms with E-state index in [-0.39, 0.29) is 11.5 Å². The van der Waals surface area contributed by atoms with Gasteiger partial charge in [-0.05, 0) is 18.4 Å². The van der Waals surface area contributed by atoms with Crippen molar-refractivity contribution < 1.29 is 14.3 Å². The van der Waals surface area contributed by atoms with E-state index in [9.17, 15) is 14.4 Å². The topological polar surface area (TPSA) is 113 Å². The van der Waals surface area contributed by atoms with E-state index in [2.05, 4.69) is 20.6 Å². The number of thioether (sulfide) groups is 1. The van der Waals surface area contributed by atoms with E-state index in [1.165, 1.54) is 30.0 Å². The average molecular weight is 382 g/mol. The second-order valence-electron chi connectivity index (χ2n) is 4.75. The standard InChI is InChI=1S/C15H18N4O4S2/c1-3-23-6-8-25-15-18-12(16-9(2)20)11(14(22)19-15)17-13(21)10-5-4-7-24-10/h4-5,7H,3,6,8H2,1-2H3,(H,17,21)(H2,16,18,19,20,22). The van der Waals surface area contributed by atoms with Gasteiger partial charge in [-0.3, -0.25) is 19.4 Å². The molecule has 0 bridgehead atoms. The van der Waals surface area contributed by atoms with Crippen LogP contribution in [0.3, 0.4) is 0 Å². The van der Waals surface area contributed by atoms with E-state index in [1.807, 2.05) is 6.92 Å². The predicted octanol–water partition coefficient (Wildman–Crippen LogP) is 2.17. The van der Waals surface area contributed by atoms with Crippen LogP contribution in [0.15, 0.2) is 27.5 Å². The summed E-state index contributed by atoms with van der Waals surface area (Å²) in [5.41, 5.74) is -0.634. The third-order valence-electron chi connectivity index (χ3n) is 2.85. The molecule has 0 aliphatic heterocycles. The van der Waals surface area contributed by atoms with Crippen molar-refractivity contribution >= 4 is 46.4 Å². The van der Waals surface area contributed by atoms with Crippen LogP contribution in [0.1, 0.15) is 23.5 Å². The Hall–Kier alpha value is -2.17. The van der Waals surface area contributed by atoms with Gasteiger partial charge < -0.3 is 15.4 Å². The van der Waals surface area contributed by atoms with Gasteiger partial charge in [0.1, 0.15) is 0 Å². The van der Waals surface area contributed by atoms with Gasteiger partial charge >= 0.3 is 0 Å². The van der Waals surface area contributed by atoms with Gasteiger partial charge in [0.05, 0.1) is 11.5 Å². The summed E-state index contributed by atoms with van der Waals surface area (Å²) in [6.07, 6.45) is 0. The fraction of sp³-hybridized carbons (Fsp3) is 0.333. The highest BCUT2D eigenvalue weighted by Gasteiger charge is 2.17. The molecule has 2 amide bonds.